The second-order valence-corrected chi connectivity index (χ2v) is 4.54. The molecule has 4 heteroatoms. The molecule has 0 saturated heterocycles. The lowest BCUT2D eigenvalue weighted by molar-refractivity contribution is 0.628. The predicted molar refractivity (Wildman–Crippen MR) is 76.4 cm³/mol. The molecule has 0 saturated carbocycles. The minimum atomic E-state index is -0.424. The number of fused-ring (bicyclic) bond motifs is 1. The summed E-state index contributed by atoms with van der Waals surface area (Å²) in [5.74, 6) is -0.424. The maximum Gasteiger partial charge on any atom is 0.141 e. The number of hydrogen-bond donors (Lipinski definition) is 1. The van der Waals surface area contributed by atoms with Crippen molar-refractivity contribution in [1.29, 1.82) is 0 Å². The summed E-state index contributed by atoms with van der Waals surface area (Å²) in [7, 11) is 0. The van der Waals surface area contributed by atoms with E-state index in [0.29, 0.717) is 0 Å². The Morgan fingerprint density at radius 3 is 2.79 bits per heavy atom. The maximum absolute atomic E-state index is 13.1. The van der Waals surface area contributed by atoms with Crippen molar-refractivity contribution in [2.45, 2.75) is 0 Å². The number of halogens is 2. The van der Waals surface area contributed by atoms with Gasteiger partial charge in [0.2, 0.25) is 0 Å². The van der Waals surface area contributed by atoms with Gasteiger partial charge < -0.3 is 5.32 Å². The van der Waals surface area contributed by atoms with Gasteiger partial charge in [0, 0.05) is 23.0 Å². The molecule has 3 aromatic rings. The Bertz CT molecular complexity index is 738. The number of nitrogens with zero attached hydrogens (tertiary/aromatic N) is 1. The zero-order valence-corrected chi connectivity index (χ0v) is 10.7. The van der Waals surface area contributed by atoms with Crippen molar-refractivity contribution in [2.24, 2.45) is 0 Å². The Hall–Kier alpha value is -2.13. The molecule has 0 aliphatic heterocycles. The van der Waals surface area contributed by atoms with Gasteiger partial charge in [0.15, 0.2) is 0 Å². The Labute approximate surface area is 114 Å². The predicted octanol–water partition coefficient (Wildman–Crippen LogP) is 4.77. The Balaban J connectivity index is 2.03. The van der Waals surface area contributed by atoms with Gasteiger partial charge in [-0.1, -0.05) is 17.7 Å². The molecule has 1 aromatic heterocycles. The summed E-state index contributed by atoms with van der Waals surface area (Å²) < 4.78 is 13.1. The third-order valence-electron chi connectivity index (χ3n) is 2.84. The van der Waals surface area contributed by atoms with E-state index in [0.717, 1.165) is 22.3 Å². The highest BCUT2D eigenvalue weighted by atomic mass is 35.5. The highest BCUT2D eigenvalue weighted by Gasteiger charge is 2.04. The summed E-state index contributed by atoms with van der Waals surface area (Å²) in [6, 6.07) is 14.2. The van der Waals surface area contributed by atoms with Gasteiger partial charge in [0.1, 0.15) is 5.82 Å². The van der Waals surface area contributed by atoms with Gasteiger partial charge in [0.05, 0.1) is 10.5 Å². The fourth-order valence-electron chi connectivity index (χ4n) is 1.94. The van der Waals surface area contributed by atoms with E-state index in [1.807, 2.05) is 30.3 Å². The Kier molecular flexibility index (Phi) is 3.05. The van der Waals surface area contributed by atoms with E-state index in [4.69, 9.17) is 11.6 Å². The number of nitrogens with one attached hydrogen (secondary N) is 1. The molecule has 0 bridgehead atoms. The van der Waals surface area contributed by atoms with Gasteiger partial charge in [-0.25, -0.2) is 4.39 Å². The summed E-state index contributed by atoms with van der Waals surface area (Å²) in [5, 5.41) is 4.33. The number of aromatic nitrogens is 1. The minimum absolute atomic E-state index is 0.100. The van der Waals surface area contributed by atoms with E-state index >= 15 is 0 Å². The molecule has 0 amide bonds. The summed E-state index contributed by atoms with van der Waals surface area (Å²) in [6.07, 6.45) is 1.75. The SMILES string of the molecule is Fc1ccc(Nc2cccc3ncccc23)cc1Cl. The van der Waals surface area contributed by atoms with Crippen LogP contribution in [-0.4, -0.2) is 4.98 Å². The molecule has 0 atom stereocenters. The van der Waals surface area contributed by atoms with Gasteiger partial charge in [-0.05, 0) is 42.5 Å². The second-order valence-electron chi connectivity index (χ2n) is 4.13. The van der Waals surface area contributed by atoms with Crippen LogP contribution in [0.25, 0.3) is 10.9 Å². The molecule has 2 aromatic carbocycles. The van der Waals surface area contributed by atoms with Crippen LogP contribution < -0.4 is 5.32 Å². The molecule has 94 valence electrons. The van der Waals surface area contributed by atoms with Crippen molar-refractivity contribution in [2.75, 3.05) is 5.32 Å². The normalized spacial score (nSPS) is 10.6. The van der Waals surface area contributed by atoms with Gasteiger partial charge in [-0.15, -0.1) is 0 Å². The van der Waals surface area contributed by atoms with Crippen LogP contribution in [0.5, 0.6) is 0 Å². The van der Waals surface area contributed by atoms with Crippen LogP contribution >= 0.6 is 11.6 Å². The van der Waals surface area contributed by atoms with E-state index in [1.54, 1.807) is 18.3 Å². The number of rotatable bonds is 2. The highest BCUT2D eigenvalue weighted by Crippen LogP contribution is 2.27. The molecule has 1 N–H and O–H groups in total. The first-order chi connectivity index (χ1) is 9.24. The summed E-state index contributed by atoms with van der Waals surface area (Å²) >= 11 is 5.77. The highest BCUT2D eigenvalue weighted by molar-refractivity contribution is 6.31. The zero-order chi connectivity index (χ0) is 13.2. The molecule has 0 aliphatic rings. The topological polar surface area (TPSA) is 24.9 Å². The van der Waals surface area contributed by atoms with Crippen molar-refractivity contribution < 1.29 is 4.39 Å². The fourth-order valence-corrected chi connectivity index (χ4v) is 2.12. The number of anilines is 2. The van der Waals surface area contributed by atoms with Crippen LogP contribution in [0.4, 0.5) is 15.8 Å². The van der Waals surface area contributed by atoms with Crippen molar-refractivity contribution in [3.8, 4) is 0 Å². The first kappa shape index (κ1) is 11.9. The summed E-state index contributed by atoms with van der Waals surface area (Å²) in [4.78, 5) is 4.29. The van der Waals surface area contributed by atoms with Crippen molar-refractivity contribution >= 4 is 33.9 Å². The standard InChI is InChI=1S/C15H10ClFN2/c16-12-9-10(6-7-13(12)17)19-15-5-1-4-14-11(15)3-2-8-18-14/h1-9,19H. The molecule has 0 unspecified atom stereocenters. The molecule has 0 spiro atoms. The van der Waals surface area contributed by atoms with Crippen LogP contribution in [0, 0.1) is 5.82 Å². The van der Waals surface area contributed by atoms with E-state index in [9.17, 15) is 4.39 Å². The monoisotopic (exact) mass is 272 g/mol. The average molecular weight is 273 g/mol. The third-order valence-corrected chi connectivity index (χ3v) is 3.13. The third kappa shape index (κ3) is 2.37. The Morgan fingerprint density at radius 2 is 1.95 bits per heavy atom. The first-order valence-corrected chi connectivity index (χ1v) is 6.18. The maximum atomic E-state index is 13.1. The van der Waals surface area contributed by atoms with Crippen LogP contribution in [0.3, 0.4) is 0 Å². The van der Waals surface area contributed by atoms with E-state index in [2.05, 4.69) is 10.3 Å². The summed E-state index contributed by atoms with van der Waals surface area (Å²) in [6.45, 7) is 0. The van der Waals surface area contributed by atoms with Crippen LogP contribution in [0.2, 0.25) is 5.02 Å². The smallest absolute Gasteiger partial charge is 0.141 e. The van der Waals surface area contributed by atoms with Crippen LogP contribution in [0.15, 0.2) is 54.7 Å². The fraction of sp³-hybridized carbons (Fsp3) is 0. The van der Waals surface area contributed by atoms with E-state index in [1.165, 1.54) is 6.07 Å². The van der Waals surface area contributed by atoms with E-state index in [-0.39, 0.29) is 5.02 Å². The molecule has 19 heavy (non-hydrogen) atoms. The van der Waals surface area contributed by atoms with Crippen molar-refractivity contribution in [3.05, 3.63) is 65.6 Å². The Morgan fingerprint density at radius 1 is 1.05 bits per heavy atom. The van der Waals surface area contributed by atoms with Gasteiger partial charge in [-0.2, -0.15) is 0 Å². The summed E-state index contributed by atoms with van der Waals surface area (Å²) in [5.41, 5.74) is 2.55. The quantitative estimate of drug-likeness (QED) is 0.727. The first-order valence-electron chi connectivity index (χ1n) is 5.80. The van der Waals surface area contributed by atoms with Crippen molar-refractivity contribution in [1.82, 2.24) is 4.98 Å². The molecule has 0 aliphatic carbocycles. The molecule has 0 radical (unpaired) electrons. The van der Waals surface area contributed by atoms with Gasteiger partial charge in [-0.3, -0.25) is 4.98 Å². The molecular formula is C15H10ClFN2. The number of pyridine rings is 1. The lowest BCUT2D eigenvalue weighted by atomic mass is 10.1. The molecule has 3 rings (SSSR count). The van der Waals surface area contributed by atoms with Gasteiger partial charge >= 0.3 is 0 Å². The molecular weight excluding hydrogens is 263 g/mol. The lowest BCUT2D eigenvalue weighted by Crippen LogP contribution is -1.92. The molecule has 2 nitrogen and oxygen atoms in total. The van der Waals surface area contributed by atoms with Gasteiger partial charge in [0.25, 0.3) is 0 Å². The largest absolute Gasteiger partial charge is 0.355 e. The second kappa shape index (κ2) is 4.86. The van der Waals surface area contributed by atoms with Crippen LogP contribution in [-0.2, 0) is 0 Å². The van der Waals surface area contributed by atoms with Crippen LogP contribution in [0.1, 0.15) is 0 Å². The number of benzene rings is 2. The average Bonchev–Trinajstić information content (AvgIpc) is 2.43. The lowest BCUT2D eigenvalue weighted by Gasteiger charge is -2.09. The molecule has 1 heterocycles. The zero-order valence-electron chi connectivity index (χ0n) is 9.90. The van der Waals surface area contributed by atoms with E-state index < -0.39 is 5.82 Å². The number of hydrogen-bond acceptors (Lipinski definition) is 2. The minimum Gasteiger partial charge on any atom is -0.355 e. The van der Waals surface area contributed by atoms with Crippen molar-refractivity contribution in [3.63, 3.8) is 0 Å². The molecule has 0 fully saturated rings.